The minimum Gasteiger partial charge on any atom is -0.316 e. The molecule has 1 rings (SSSR count). The molecule has 1 aromatic rings. The van der Waals surface area contributed by atoms with Crippen molar-refractivity contribution in [1.29, 1.82) is 0 Å². The highest BCUT2D eigenvalue weighted by atomic mass is 35.5. The number of hydrogen-bond acceptors (Lipinski definition) is 3. The number of hydrogen-bond donors (Lipinski definition) is 1. The van der Waals surface area contributed by atoms with E-state index in [1.807, 2.05) is 7.05 Å². The van der Waals surface area contributed by atoms with Gasteiger partial charge in [-0.2, -0.15) is 4.31 Å². The molecular weight excluding hydrogens is 296 g/mol. The van der Waals surface area contributed by atoms with E-state index < -0.39 is 10.0 Å². The number of likely N-dealkylation sites (N-methyl/N-ethyl adjacent to an activating group) is 1. The maximum atomic E-state index is 12.5. The predicted octanol–water partition coefficient (Wildman–Crippen LogP) is 2.65. The van der Waals surface area contributed by atoms with Gasteiger partial charge in [-0.25, -0.2) is 8.42 Å². The van der Waals surface area contributed by atoms with Gasteiger partial charge in [0.15, 0.2) is 0 Å². The fourth-order valence-corrected chi connectivity index (χ4v) is 3.69. The smallest absolute Gasteiger partial charge is 0.243 e. The van der Waals surface area contributed by atoms with E-state index in [1.54, 1.807) is 26.0 Å². The van der Waals surface area contributed by atoms with Crippen LogP contribution < -0.4 is 5.32 Å². The van der Waals surface area contributed by atoms with E-state index in [4.69, 9.17) is 11.6 Å². The van der Waals surface area contributed by atoms with Crippen LogP contribution in [0.15, 0.2) is 35.2 Å². The molecule has 6 heteroatoms. The van der Waals surface area contributed by atoms with Crippen LogP contribution in [0.4, 0.5) is 0 Å². The molecule has 0 heterocycles. The van der Waals surface area contributed by atoms with Crippen LogP contribution in [0, 0.1) is 0 Å². The first-order chi connectivity index (χ1) is 9.32. The van der Waals surface area contributed by atoms with Crippen molar-refractivity contribution < 1.29 is 8.42 Å². The first-order valence-corrected chi connectivity index (χ1v) is 8.22. The summed E-state index contributed by atoms with van der Waals surface area (Å²) in [6.45, 7) is 8.68. The number of nitrogens with zero attached hydrogens (tertiary/aromatic N) is 1. The van der Waals surface area contributed by atoms with E-state index in [9.17, 15) is 8.42 Å². The van der Waals surface area contributed by atoms with Crippen LogP contribution in [0.25, 0.3) is 0 Å². The lowest BCUT2D eigenvalue weighted by Crippen LogP contribution is -2.32. The summed E-state index contributed by atoms with van der Waals surface area (Å²) in [6.07, 6.45) is 0. The van der Waals surface area contributed by atoms with Gasteiger partial charge in [-0.3, -0.25) is 0 Å². The fourth-order valence-electron chi connectivity index (χ4n) is 1.84. The Labute approximate surface area is 126 Å². The molecule has 0 saturated carbocycles. The van der Waals surface area contributed by atoms with Crippen LogP contribution in [0.1, 0.15) is 19.4 Å². The minimum atomic E-state index is -3.53. The number of benzene rings is 1. The molecule has 0 radical (unpaired) electrons. The molecule has 0 fully saturated rings. The molecule has 0 aromatic heterocycles. The first-order valence-electron chi connectivity index (χ1n) is 6.40. The molecule has 1 aromatic carbocycles. The Bertz CT molecular complexity index is 585. The summed E-state index contributed by atoms with van der Waals surface area (Å²) >= 11 is 6.13. The normalized spacial score (nSPS) is 11.8. The van der Waals surface area contributed by atoms with Gasteiger partial charge in [0, 0.05) is 24.7 Å². The molecule has 0 bridgehead atoms. The SMILES string of the molecule is C=C(C)CN(CC)S(=O)(=O)c1ccc(CNC)c(Cl)c1. The van der Waals surface area contributed by atoms with Crippen molar-refractivity contribution >= 4 is 21.6 Å². The summed E-state index contributed by atoms with van der Waals surface area (Å²) in [6, 6.07) is 4.83. The maximum absolute atomic E-state index is 12.5. The van der Waals surface area contributed by atoms with Gasteiger partial charge in [0.1, 0.15) is 0 Å². The highest BCUT2D eigenvalue weighted by Crippen LogP contribution is 2.23. The summed E-state index contributed by atoms with van der Waals surface area (Å²) in [5.74, 6) is 0. The van der Waals surface area contributed by atoms with Gasteiger partial charge in [0.2, 0.25) is 10.0 Å². The minimum absolute atomic E-state index is 0.213. The van der Waals surface area contributed by atoms with E-state index in [2.05, 4.69) is 11.9 Å². The molecule has 20 heavy (non-hydrogen) atoms. The lowest BCUT2D eigenvalue weighted by atomic mass is 10.2. The Morgan fingerprint density at radius 1 is 1.45 bits per heavy atom. The number of sulfonamides is 1. The lowest BCUT2D eigenvalue weighted by Gasteiger charge is -2.21. The average molecular weight is 317 g/mol. The molecule has 0 aliphatic heterocycles. The molecule has 4 nitrogen and oxygen atoms in total. The molecule has 0 amide bonds. The zero-order valence-corrected chi connectivity index (χ0v) is 13.7. The number of nitrogens with one attached hydrogen (secondary N) is 1. The van der Waals surface area contributed by atoms with Crippen molar-refractivity contribution in [3.8, 4) is 0 Å². The van der Waals surface area contributed by atoms with Crippen molar-refractivity contribution in [2.75, 3.05) is 20.1 Å². The monoisotopic (exact) mass is 316 g/mol. The lowest BCUT2D eigenvalue weighted by molar-refractivity contribution is 0.453. The van der Waals surface area contributed by atoms with Gasteiger partial charge < -0.3 is 5.32 Å². The van der Waals surface area contributed by atoms with Gasteiger partial charge in [0.05, 0.1) is 4.90 Å². The van der Waals surface area contributed by atoms with Crippen LogP contribution in [0.5, 0.6) is 0 Å². The highest BCUT2D eigenvalue weighted by molar-refractivity contribution is 7.89. The molecule has 0 unspecified atom stereocenters. The first kappa shape index (κ1) is 17.2. The molecule has 1 N–H and O–H groups in total. The van der Waals surface area contributed by atoms with Gasteiger partial charge in [-0.05, 0) is 31.7 Å². The highest BCUT2D eigenvalue weighted by Gasteiger charge is 2.23. The predicted molar refractivity (Wildman–Crippen MR) is 83.5 cm³/mol. The summed E-state index contributed by atoms with van der Waals surface area (Å²) in [4.78, 5) is 0.213. The number of halogens is 1. The Hall–Kier alpha value is -0.880. The van der Waals surface area contributed by atoms with Crippen molar-refractivity contribution in [1.82, 2.24) is 9.62 Å². The largest absolute Gasteiger partial charge is 0.316 e. The van der Waals surface area contributed by atoms with Crippen molar-refractivity contribution in [2.45, 2.75) is 25.3 Å². The maximum Gasteiger partial charge on any atom is 0.243 e. The quantitative estimate of drug-likeness (QED) is 0.787. The van der Waals surface area contributed by atoms with Crippen LogP contribution in [0.3, 0.4) is 0 Å². The zero-order valence-electron chi connectivity index (χ0n) is 12.1. The Morgan fingerprint density at radius 3 is 2.55 bits per heavy atom. The van der Waals surface area contributed by atoms with Crippen LogP contribution >= 0.6 is 11.6 Å². The molecule has 0 spiro atoms. The fraction of sp³-hybridized carbons (Fsp3) is 0.429. The molecule has 0 atom stereocenters. The second-order valence-electron chi connectivity index (χ2n) is 4.67. The molecule has 0 aliphatic carbocycles. The van der Waals surface area contributed by atoms with Crippen molar-refractivity contribution in [3.05, 3.63) is 40.9 Å². The Morgan fingerprint density at radius 2 is 2.10 bits per heavy atom. The zero-order chi connectivity index (χ0) is 15.3. The van der Waals surface area contributed by atoms with Gasteiger partial charge >= 0.3 is 0 Å². The van der Waals surface area contributed by atoms with Gasteiger partial charge in [0.25, 0.3) is 0 Å². The molecule has 112 valence electrons. The van der Waals surface area contributed by atoms with Crippen LogP contribution in [-0.2, 0) is 16.6 Å². The van der Waals surface area contributed by atoms with Gasteiger partial charge in [-0.1, -0.05) is 36.7 Å². The Balaban J connectivity index is 3.14. The van der Waals surface area contributed by atoms with E-state index in [1.165, 1.54) is 10.4 Å². The van der Waals surface area contributed by atoms with Crippen LogP contribution in [-0.4, -0.2) is 32.9 Å². The second kappa shape index (κ2) is 7.22. The topological polar surface area (TPSA) is 49.4 Å². The summed E-state index contributed by atoms with van der Waals surface area (Å²) in [7, 11) is -1.72. The Kier molecular flexibility index (Phi) is 6.20. The van der Waals surface area contributed by atoms with E-state index in [-0.39, 0.29) is 4.90 Å². The third-order valence-electron chi connectivity index (χ3n) is 2.83. The average Bonchev–Trinajstić information content (AvgIpc) is 2.38. The summed E-state index contributed by atoms with van der Waals surface area (Å²) < 4.78 is 26.4. The second-order valence-corrected chi connectivity index (χ2v) is 7.02. The summed E-state index contributed by atoms with van der Waals surface area (Å²) in [5.41, 5.74) is 1.67. The standard InChI is InChI=1S/C14H21ClN2O2S/c1-5-17(10-11(2)3)20(18,19)13-7-6-12(9-16-4)14(15)8-13/h6-8,16H,2,5,9-10H2,1,3-4H3. The van der Waals surface area contributed by atoms with E-state index >= 15 is 0 Å². The van der Waals surface area contributed by atoms with Gasteiger partial charge in [-0.15, -0.1) is 0 Å². The van der Waals surface area contributed by atoms with E-state index in [0.717, 1.165) is 11.1 Å². The van der Waals surface area contributed by atoms with Crippen molar-refractivity contribution in [3.63, 3.8) is 0 Å². The third kappa shape index (κ3) is 4.06. The van der Waals surface area contributed by atoms with E-state index in [0.29, 0.717) is 24.7 Å². The van der Waals surface area contributed by atoms with Crippen LogP contribution in [0.2, 0.25) is 5.02 Å². The molecule has 0 saturated heterocycles. The summed E-state index contributed by atoms with van der Waals surface area (Å²) in [5, 5.41) is 3.44. The van der Waals surface area contributed by atoms with Crippen molar-refractivity contribution in [2.24, 2.45) is 0 Å². The third-order valence-corrected chi connectivity index (χ3v) is 5.10. The number of rotatable bonds is 7. The molecule has 0 aliphatic rings. The molecular formula is C14H21ClN2O2S.